The minimum absolute atomic E-state index is 0.0882. The number of Topliss-reactive ketones (excluding diaryl/α,β-unsaturated/α-hetero) is 1. The van der Waals surface area contributed by atoms with Gasteiger partial charge in [0.2, 0.25) is 0 Å². The van der Waals surface area contributed by atoms with Gasteiger partial charge in [-0.25, -0.2) is 0 Å². The van der Waals surface area contributed by atoms with Crippen molar-refractivity contribution in [1.82, 2.24) is 0 Å². The minimum atomic E-state index is 0.0882. The fourth-order valence-electron chi connectivity index (χ4n) is 2.06. The minimum Gasteiger partial charge on any atom is -0.508 e. The molecule has 0 amide bonds. The quantitative estimate of drug-likeness (QED) is 0.834. The molecule has 2 aromatic rings. The third-order valence-corrected chi connectivity index (χ3v) is 3.00. The second kappa shape index (κ2) is 5.05. The maximum atomic E-state index is 11.5. The normalized spacial score (nSPS) is 10.3. The number of phenolic OH excluding ortho intramolecular Hbond substituents is 1. The number of benzene rings is 2. The Morgan fingerprint density at radius 2 is 1.83 bits per heavy atom. The Labute approximate surface area is 107 Å². The summed E-state index contributed by atoms with van der Waals surface area (Å²) in [6.07, 6.45) is 0.717. The maximum absolute atomic E-state index is 11.5. The van der Waals surface area contributed by atoms with Gasteiger partial charge in [-0.3, -0.25) is 4.79 Å². The summed E-state index contributed by atoms with van der Waals surface area (Å²) in [5.74, 6) is 0.358. The molecule has 92 valence electrons. The van der Waals surface area contributed by atoms with Crippen LogP contribution in [0.5, 0.6) is 5.75 Å². The summed E-state index contributed by atoms with van der Waals surface area (Å²) in [5.41, 5.74) is 3.89. The van der Waals surface area contributed by atoms with Gasteiger partial charge < -0.3 is 5.11 Å². The Balaban J connectivity index is 2.30. The molecule has 0 aliphatic carbocycles. The van der Waals surface area contributed by atoms with Crippen LogP contribution in [0, 0.1) is 6.92 Å². The smallest absolute Gasteiger partial charge is 0.160 e. The van der Waals surface area contributed by atoms with E-state index in [0.717, 1.165) is 28.7 Å². The zero-order chi connectivity index (χ0) is 13.1. The summed E-state index contributed by atoms with van der Waals surface area (Å²) >= 11 is 0. The lowest BCUT2D eigenvalue weighted by Crippen LogP contribution is -1.98. The summed E-state index contributed by atoms with van der Waals surface area (Å²) in [7, 11) is 0. The van der Waals surface area contributed by atoms with Gasteiger partial charge in [0.25, 0.3) is 0 Å². The molecule has 2 rings (SSSR count). The average molecular weight is 240 g/mol. The third kappa shape index (κ3) is 2.77. The SMILES string of the molecule is CC(=O)c1cc(Cc2cccc(O)c2)ccc1C. The monoisotopic (exact) mass is 240 g/mol. The molecule has 18 heavy (non-hydrogen) atoms. The highest BCUT2D eigenvalue weighted by atomic mass is 16.3. The third-order valence-electron chi connectivity index (χ3n) is 3.00. The first-order valence-corrected chi connectivity index (χ1v) is 5.94. The largest absolute Gasteiger partial charge is 0.508 e. The Hall–Kier alpha value is -2.09. The van der Waals surface area contributed by atoms with Crippen LogP contribution in [0.2, 0.25) is 0 Å². The van der Waals surface area contributed by atoms with Gasteiger partial charge in [0, 0.05) is 5.56 Å². The molecule has 2 heteroatoms. The number of carbonyl (C=O) groups is 1. The van der Waals surface area contributed by atoms with E-state index >= 15 is 0 Å². The van der Waals surface area contributed by atoms with Gasteiger partial charge in [0.15, 0.2) is 5.78 Å². The zero-order valence-electron chi connectivity index (χ0n) is 10.6. The van der Waals surface area contributed by atoms with Crippen molar-refractivity contribution in [2.75, 3.05) is 0 Å². The number of hydrogen-bond acceptors (Lipinski definition) is 2. The molecule has 0 spiro atoms. The van der Waals surface area contributed by atoms with Crippen molar-refractivity contribution in [3.63, 3.8) is 0 Å². The van der Waals surface area contributed by atoms with Gasteiger partial charge in [-0.2, -0.15) is 0 Å². The van der Waals surface area contributed by atoms with E-state index < -0.39 is 0 Å². The number of ketones is 1. The lowest BCUT2D eigenvalue weighted by molar-refractivity contribution is 0.101. The molecule has 0 bridgehead atoms. The fourth-order valence-corrected chi connectivity index (χ4v) is 2.06. The molecule has 0 saturated carbocycles. The Kier molecular flexibility index (Phi) is 3.47. The van der Waals surface area contributed by atoms with Crippen LogP contribution >= 0.6 is 0 Å². The summed E-state index contributed by atoms with van der Waals surface area (Å²) in [6.45, 7) is 3.52. The summed E-state index contributed by atoms with van der Waals surface area (Å²) in [6, 6.07) is 13.1. The predicted octanol–water partition coefficient (Wildman–Crippen LogP) is 3.49. The van der Waals surface area contributed by atoms with Gasteiger partial charge in [0.1, 0.15) is 5.75 Å². The molecule has 0 atom stereocenters. The van der Waals surface area contributed by atoms with E-state index in [1.807, 2.05) is 37.3 Å². The van der Waals surface area contributed by atoms with Crippen LogP contribution in [0.25, 0.3) is 0 Å². The molecule has 0 aliphatic rings. The molecule has 2 aromatic carbocycles. The Morgan fingerprint density at radius 1 is 1.11 bits per heavy atom. The molecular formula is C16H16O2. The fraction of sp³-hybridized carbons (Fsp3) is 0.188. The average Bonchev–Trinajstić information content (AvgIpc) is 2.31. The van der Waals surface area contributed by atoms with E-state index in [4.69, 9.17) is 0 Å². The van der Waals surface area contributed by atoms with Crippen molar-refractivity contribution in [2.45, 2.75) is 20.3 Å². The molecule has 0 saturated heterocycles. The van der Waals surface area contributed by atoms with E-state index in [9.17, 15) is 9.90 Å². The molecular weight excluding hydrogens is 224 g/mol. The van der Waals surface area contributed by atoms with Crippen LogP contribution in [-0.4, -0.2) is 10.9 Å². The van der Waals surface area contributed by atoms with E-state index in [-0.39, 0.29) is 11.5 Å². The standard InChI is InChI=1S/C16H16O2/c1-11-6-7-14(10-16(11)12(2)17)8-13-4-3-5-15(18)9-13/h3-7,9-10,18H,8H2,1-2H3. The predicted molar refractivity (Wildman–Crippen MR) is 72.1 cm³/mol. The van der Waals surface area contributed by atoms with Crippen LogP contribution in [0.4, 0.5) is 0 Å². The number of hydrogen-bond donors (Lipinski definition) is 1. The first-order valence-electron chi connectivity index (χ1n) is 5.94. The van der Waals surface area contributed by atoms with Gasteiger partial charge >= 0.3 is 0 Å². The highest BCUT2D eigenvalue weighted by Gasteiger charge is 2.05. The summed E-state index contributed by atoms with van der Waals surface area (Å²) < 4.78 is 0. The second-order valence-electron chi connectivity index (χ2n) is 4.55. The van der Waals surface area contributed by atoms with E-state index in [2.05, 4.69) is 0 Å². The highest BCUT2D eigenvalue weighted by molar-refractivity contribution is 5.95. The molecule has 2 nitrogen and oxygen atoms in total. The van der Waals surface area contributed by atoms with Crippen molar-refractivity contribution < 1.29 is 9.90 Å². The maximum Gasteiger partial charge on any atom is 0.160 e. The Morgan fingerprint density at radius 3 is 2.50 bits per heavy atom. The number of phenols is 1. The van der Waals surface area contributed by atoms with Gasteiger partial charge in [0.05, 0.1) is 0 Å². The molecule has 0 radical (unpaired) electrons. The summed E-state index contributed by atoms with van der Waals surface area (Å²) in [5, 5.41) is 9.42. The number of rotatable bonds is 3. The van der Waals surface area contributed by atoms with Crippen molar-refractivity contribution in [1.29, 1.82) is 0 Å². The molecule has 0 unspecified atom stereocenters. The topological polar surface area (TPSA) is 37.3 Å². The van der Waals surface area contributed by atoms with Crippen LogP contribution < -0.4 is 0 Å². The molecule has 0 aromatic heterocycles. The number of carbonyl (C=O) groups excluding carboxylic acids is 1. The lowest BCUT2D eigenvalue weighted by Gasteiger charge is -2.07. The first-order chi connectivity index (χ1) is 8.56. The van der Waals surface area contributed by atoms with Crippen LogP contribution in [0.1, 0.15) is 34.0 Å². The van der Waals surface area contributed by atoms with E-state index in [0.29, 0.717) is 0 Å². The van der Waals surface area contributed by atoms with Gasteiger partial charge in [-0.1, -0.05) is 24.3 Å². The first kappa shape index (κ1) is 12.4. The van der Waals surface area contributed by atoms with Crippen molar-refractivity contribution in [2.24, 2.45) is 0 Å². The van der Waals surface area contributed by atoms with E-state index in [1.54, 1.807) is 19.1 Å². The van der Waals surface area contributed by atoms with Crippen molar-refractivity contribution in [3.8, 4) is 5.75 Å². The van der Waals surface area contributed by atoms with E-state index in [1.165, 1.54) is 0 Å². The van der Waals surface area contributed by atoms with Crippen LogP contribution in [-0.2, 0) is 6.42 Å². The van der Waals surface area contributed by atoms with Crippen molar-refractivity contribution >= 4 is 5.78 Å². The molecule has 1 N–H and O–H groups in total. The van der Waals surface area contributed by atoms with Gasteiger partial charge in [-0.15, -0.1) is 0 Å². The second-order valence-corrected chi connectivity index (χ2v) is 4.55. The van der Waals surface area contributed by atoms with Crippen molar-refractivity contribution in [3.05, 3.63) is 64.7 Å². The molecule has 0 heterocycles. The van der Waals surface area contributed by atoms with Crippen LogP contribution in [0.3, 0.4) is 0 Å². The number of aromatic hydroxyl groups is 1. The van der Waals surface area contributed by atoms with Crippen LogP contribution in [0.15, 0.2) is 42.5 Å². The van der Waals surface area contributed by atoms with Gasteiger partial charge in [-0.05, 0) is 55.2 Å². The highest BCUT2D eigenvalue weighted by Crippen LogP contribution is 2.18. The zero-order valence-corrected chi connectivity index (χ0v) is 10.6. The number of aryl methyl sites for hydroxylation is 1. The molecule has 0 aliphatic heterocycles. The Bertz CT molecular complexity index is 585. The summed E-state index contributed by atoms with van der Waals surface area (Å²) in [4.78, 5) is 11.5. The molecule has 0 fully saturated rings. The lowest BCUT2D eigenvalue weighted by atomic mass is 9.98.